The molecule has 0 spiro atoms. The first kappa shape index (κ1) is 24.8. The zero-order chi connectivity index (χ0) is 25.5. The van der Waals surface area contributed by atoms with Gasteiger partial charge in [-0.2, -0.15) is 0 Å². The average Bonchev–Trinajstić information content (AvgIpc) is 3.38. The van der Waals surface area contributed by atoms with Crippen molar-refractivity contribution in [1.29, 1.82) is 0 Å². The van der Waals surface area contributed by atoms with Gasteiger partial charge in [-0.1, -0.05) is 42.5 Å². The van der Waals surface area contributed by atoms with Crippen LogP contribution in [0, 0.1) is 0 Å². The van der Waals surface area contributed by atoms with Gasteiger partial charge in [-0.3, -0.25) is 9.78 Å². The number of hydrogen-bond acceptors (Lipinski definition) is 5. The van der Waals surface area contributed by atoms with Gasteiger partial charge in [-0.05, 0) is 54.6 Å². The number of benzene rings is 2. The fourth-order valence-corrected chi connectivity index (χ4v) is 4.86. The number of carbonyl (C=O) groups excluding carboxylic acids is 1. The molecule has 1 atom stereocenters. The molecule has 0 saturated carbocycles. The third-order valence-electron chi connectivity index (χ3n) is 6.85. The molecule has 0 saturated heterocycles. The maximum absolute atomic E-state index is 13.5. The molecule has 0 radical (unpaired) electrons. The molecular weight excluding hydrogens is 462 g/mol. The molecule has 1 aliphatic heterocycles. The van der Waals surface area contributed by atoms with E-state index in [9.17, 15) is 4.79 Å². The van der Waals surface area contributed by atoms with Crippen LogP contribution < -0.4 is 4.74 Å². The zero-order valence-electron chi connectivity index (χ0n) is 21.3. The number of aromatic nitrogens is 1. The quantitative estimate of drug-likeness (QED) is 0.316. The number of pyridine rings is 1. The maximum Gasteiger partial charge on any atom is 0.224 e. The molecule has 2 aromatic heterocycles. The molecular formula is C31H33N3O3. The summed E-state index contributed by atoms with van der Waals surface area (Å²) in [5, 5.41) is 0. The van der Waals surface area contributed by atoms with Crippen LogP contribution in [0.5, 0.6) is 5.75 Å². The summed E-state index contributed by atoms with van der Waals surface area (Å²) in [6.45, 7) is 3.33. The first-order valence-corrected chi connectivity index (χ1v) is 12.8. The number of hydrogen-bond donors (Lipinski definition) is 0. The molecule has 2 aromatic carbocycles. The van der Waals surface area contributed by atoms with Crippen molar-refractivity contribution in [2.24, 2.45) is 0 Å². The van der Waals surface area contributed by atoms with Crippen molar-refractivity contribution in [3.05, 3.63) is 119 Å². The molecule has 190 valence electrons. The van der Waals surface area contributed by atoms with Crippen molar-refractivity contribution >= 4 is 5.91 Å². The number of nitrogens with zero attached hydrogens (tertiary/aromatic N) is 3. The summed E-state index contributed by atoms with van der Waals surface area (Å²) < 4.78 is 11.7. The number of amides is 1. The first-order valence-electron chi connectivity index (χ1n) is 12.8. The van der Waals surface area contributed by atoms with Crippen molar-refractivity contribution < 1.29 is 13.9 Å². The average molecular weight is 496 g/mol. The predicted molar refractivity (Wildman–Crippen MR) is 143 cm³/mol. The summed E-state index contributed by atoms with van der Waals surface area (Å²) in [5.74, 6) is 1.65. The molecule has 0 bridgehead atoms. The molecule has 6 heteroatoms. The molecule has 0 N–H and O–H groups in total. The topological polar surface area (TPSA) is 58.8 Å². The largest absolute Gasteiger partial charge is 0.491 e. The van der Waals surface area contributed by atoms with Crippen LogP contribution in [0.2, 0.25) is 0 Å². The summed E-state index contributed by atoms with van der Waals surface area (Å²) in [4.78, 5) is 22.2. The van der Waals surface area contributed by atoms with E-state index >= 15 is 0 Å². The highest BCUT2D eigenvalue weighted by Gasteiger charge is 2.26. The zero-order valence-corrected chi connectivity index (χ0v) is 21.3. The summed E-state index contributed by atoms with van der Waals surface area (Å²) in [7, 11) is 2.12. The van der Waals surface area contributed by atoms with E-state index in [0.29, 0.717) is 26.1 Å². The van der Waals surface area contributed by atoms with Crippen LogP contribution in [-0.2, 0) is 24.3 Å². The lowest BCUT2D eigenvalue weighted by molar-refractivity contribution is -0.132. The molecule has 1 amide bonds. The molecule has 0 aliphatic carbocycles. The second-order valence-corrected chi connectivity index (χ2v) is 9.60. The first-order chi connectivity index (χ1) is 18.2. The number of furan rings is 1. The lowest BCUT2D eigenvalue weighted by Crippen LogP contribution is -2.33. The van der Waals surface area contributed by atoms with Crippen LogP contribution in [0.3, 0.4) is 0 Å². The minimum absolute atomic E-state index is 0.0968. The van der Waals surface area contributed by atoms with E-state index in [2.05, 4.69) is 47.3 Å². The Morgan fingerprint density at radius 1 is 1.05 bits per heavy atom. The number of ether oxygens (including phenoxy) is 1. The number of carbonyl (C=O) groups is 1. The molecule has 5 rings (SSSR count). The van der Waals surface area contributed by atoms with Gasteiger partial charge in [-0.15, -0.1) is 0 Å². The van der Waals surface area contributed by atoms with E-state index in [4.69, 9.17) is 9.15 Å². The Labute approximate surface area is 218 Å². The molecule has 37 heavy (non-hydrogen) atoms. The maximum atomic E-state index is 13.5. The Morgan fingerprint density at radius 3 is 2.70 bits per heavy atom. The Kier molecular flexibility index (Phi) is 7.96. The van der Waals surface area contributed by atoms with Gasteiger partial charge in [-0.25, -0.2) is 0 Å². The second-order valence-electron chi connectivity index (χ2n) is 9.60. The van der Waals surface area contributed by atoms with Crippen molar-refractivity contribution in [3.8, 4) is 5.75 Å². The van der Waals surface area contributed by atoms with Gasteiger partial charge in [0.25, 0.3) is 0 Å². The Morgan fingerprint density at radius 2 is 1.92 bits per heavy atom. The van der Waals surface area contributed by atoms with Crippen molar-refractivity contribution in [1.82, 2.24) is 14.8 Å². The van der Waals surface area contributed by atoms with Crippen molar-refractivity contribution in [2.75, 3.05) is 26.7 Å². The SMILES string of the molecule is CN(CCc1ccccn1)Cc1ccc2c(c1)CN(C(=O)C[C@H](c1ccccc1)c1ccco1)CCO2. The molecule has 3 heterocycles. The number of likely N-dealkylation sites (N-methyl/N-ethyl adjacent to an activating group) is 1. The van der Waals surface area contributed by atoms with E-state index < -0.39 is 0 Å². The summed E-state index contributed by atoms with van der Waals surface area (Å²) in [6, 6.07) is 26.3. The van der Waals surface area contributed by atoms with Gasteiger partial charge in [0.1, 0.15) is 18.1 Å². The van der Waals surface area contributed by atoms with Crippen LogP contribution in [-0.4, -0.2) is 47.4 Å². The van der Waals surface area contributed by atoms with Crippen LogP contribution >= 0.6 is 0 Å². The van der Waals surface area contributed by atoms with Gasteiger partial charge < -0.3 is 19.0 Å². The second kappa shape index (κ2) is 11.9. The normalized spacial score (nSPS) is 14.1. The Bertz CT molecular complexity index is 1280. The fraction of sp³-hybridized carbons (Fsp3) is 0.290. The predicted octanol–water partition coefficient (Wildman–Crippen LogP) is 5.29. The third-order valence-corrected chi connectivity index (χ3v) is 6.85. The van der Waals surface area contributed by atoms with Gasteiger partial charge in [0.05, 0.1) is 18.7 Å². The van der Waals surface area contributed by atoms with Crippen LogP contribution in [0.4, 0.5) is 0 Å². The van der Waals surface area contributed by atoms with Gasteiger partial charge in [0.15, 0.2) is 0 Å². The standard InChI is InChI=1S/C31H33N3O3/c1-33(16-14-27-10-5-6-15-32-27)22-24-12-13-29-26(20-24)23-34(17-19-37-29)31(35)21-28(30-11-7-18-36-30)25-8-3-2-4-9-25/h2-13,15,18,20,28H,14,16-17,19,21-23H2,1H3/t28-/m1/s1. The van der Waals surface area contributed by atoms with Gasteiger partial charge in [0, 0.05) is 49.9 Å². The molecule has 1 aliphatic rings. The summed E-state index contributed by atoms with van der Waals surface area (Å²) >= 11 is 0. The Balaban J connectivity index is 1.25. The highest BCUT2D eigenvalue weighted by atomic mass is 16.5. The molecule has 4 aromatic rings. The van der Waals surface area contributed by atoms with Crippen molar-refractivity contribution in [2.45, 2.75) is 31.8 Å². The van der Waals surface area contributed by atoms with Crippen LogP contribution in [0.15, 0.2) is 95.7 Å². The van der Waals surface area contributed by atoms with E-state index in [1.165, 1.54) is 5.56 Å². The fourth-order valence-electron chi connectivity index (χ4n) is 4.86. The highest BCUT2D eigenvalue weighted by Crippen LogP contribution is 2.31. The van der Waals surface area contributed by atoms with E-state index in [1.54, 1.807) is 6.26 Å². The smallest absolute Gasteiger partial charge is 0.224 e. The summed E-state index contributed by atoms with van der Waals surface area (Å²) in [6.07, 6.45) is 4.76. The minimum Gasteiger partial charge on any atom is -0.491 e. The highest BCUT2D eigenvalue weighted by molar-refractivity contribution is 5.78. The van der Waals surface area contributed by atoms with Gasteiger partial charge in [0.2, 0.25) is 5.91 Å². The Hall–Kier alpha value is -3.90. The molecule has 0 fully saturated rings. The number of rotatable bonds is 9. The number of fused-ring (bicyclic) bond motifs is 1. The van der Waals surface area contributed by atoms with E-state index in [-0.39, 0.29) is 11.8 Å². The van der Waals surface area contributed by atoms with Crippen molar-refractivity contribution in [3.63, 3.8) is 0 Å². The van der Waals surface area contributed by atoms with Gasteiger partial charge >= 0.3 is 0 Å². The van der Waals surface area contributed by atoms with E-state index in [0.717, 1.165) is 47.8 Å². The monoisotopic (exact) mass is 495 g/mol. The van der Waals surface area contributed by atoms with E-state index in [1.807, 2.05) is 59.6 Å². The third kappa shape index (κ3) is 6.46. The van der Waals surface area contributed by atoms with Crippen LogP contribution in [0.1, 0.15) is 40.5 Å². The summed E-state index contributed by atoms with van der Waals surface area (Å²) in [5.41, 5.74) is 4.43. The lowest BCUT2D eigenvalue weighted by atomic mass is 9.92. The molecule has 0 unspecified atom stereocenters. The minimum atomic E-state index is -0.119. The lowest BCUT2D eigenvalue weighted by Gasteiger charge is -2.23. The molecule has 6 nitrogen and oxygen atoms in total. The van der Waals surface area contributed by atoms with Crippen LogP contribution in [0.25, 0.3) is 0 Å².